The summed E-state index contributed by atoms with van der Waals surface area (Å²) in [6.07, 6.45) is 0.229. The Hall–Kier alpha value is -1.88. The van der Waals surface area contributed by atoms with Gasteiger partial charge in [0.2, 0.25) is 0 Å². The number of thiazole rings is 1. The molecule has 3 rings (SSSR count). The highest BCUT2D eigenvalue weighted by atomic mass is 32.1. The molecule has 1 aromatic carbocycles. The number of carbonyl (C=O) groups is 1. The van der Waals surface area contributed by atoms with Crippen molar-refractivity contribution in [3.05, 3.63) is 40.3 Å². The van der Waals surface area contributed by atoms with Gasteiger partial charge in [0.25, 0.3) is 0 Å². The Bertz CT molecular complexity index is 608. The van der Waals surface area contributed by atoms with Gasteiger partial charge in [0.15, 0.2) is 23.4 Å². The van der Waals surface area contributed by atoms with E-state index in [1.54, 1.807) is 5.38 Å². The number of Topliss-reactive ketones (excluding diaryl/α,β-unsaturated/α-hetero) is 1. The number of ether oxygens (including phenoxy) is 2. The molecule has 0 saturated heterocycles. The van der Waals surface area contributed by atoms with Crippen molar-refractivity contribution in [2.45, 2.75) is 19.4 Å². The van der Waals surface area contributed by atoms with Gasteiger partial charge < -0.3 is 9.47 Å². The highest BCUT2D eigenvalue weighted by molar-refractivity contribution is 7.09. The molecule has 0 amide bonds. The lowest BCUT2D eigenvalue weighted by Gasteiger charge is -2.24. The summed E-state index contributed by atoms with van der Waals surface area (Å²) < 4.78 is 11.5. The number of fused-ring (bicyclic) bond motifs is 1. The number of ketones is 1. The second kappa shape index (κ2) is 5.01. The molecule has 1 aliphatic heterocycles. The maximum absolute atomic E-state index is 11.6. The van der Waals surface area contributed by atoms with Crippen LogP contribution in [0.4, 0.5) is 0 Å². The van der Waals surface area contributed by atoms with E-state index in [2.05, 4.69) is 4.98 Å². The molecule has 0 bridgehead atoms. The second-order valence-electron chi connectivity index (χ2n) is 4.21. The van der Waals surface area contributed by atoms with Gasteiger partial charge in [0.05, 0.1) is 0 Å². The van der Waals surface area contributed by atoms with Gasteiger partial charge in [-0.15, -0.1) is 11.3 Å². The molecule has 0 fully saturated rings. The molecule has 98 valence electrons. The maximum atomic E-state index is 11.6. The van der Waals surface area contributed by atoms with Crippen LogP contribution in [-0.4, -0.2) is 17.4 Å². The average molecular weight is 275 g/mol. The van der Waals surface area contributed by atoms with Crippen LogP contribution in [0.15, 0.2) is 29.6 Å². The van der Waals surface area contributed by atoms with Crippen LogP contribution in [0.25, 0.3) is 0 Å². The van der Waals surface area contributed by atoms with Crippen molar-refractivity contribution in [2.24, 2.45) is 0 Å². The molecule has 0 N–H and O–H groups in total. The van der Waals surface area contributed by atoms with Gasteiger partial charge in [-0.3, -0.25) is 4.79 Å². The van der Waals surface area contributed by atoms with Crippen LogP contribution in [0.1, 0.15) is 34.9 Å². The normalized spacial score (nSPS) is 17.2. The van der Waals surface area contributed by atoms with Crippen LogP contribution in [0.5, 0.6) is 11.5 Å². The lowest BCUT2D eigenvalue weighted by Crippen LogP contribution is -2.21. The highest BCUT2D eigenvalue weighted by Crippen LogP contribution is 2.36. The zero-order chi connectivity index (χ0) is 13.2. The molecule has 0 spiro atoms. The Balaban J connectivity index is 1.81. The summed E-state index contributed by atoms with van der Waals surface area (Å²) in [6.45, 7) is 2.25. The van der Waals surface area contributed by atoms with E-state index in [0.29, 0.717) is 18.7 Å². The number of nitrogens with zero attached hydrogens (tertiary/aromatic N) is 1. The molecule has 0 radical (unpaired) electrons. The van der Waals surface area contributed by atoms with Crippen molar-refractivity contribution in [2.75, 3.05) is 6.61 Å². The van der Waals surface area contributed by atoms with Gasteiger partial charge in [-0.2, -0.15) is 0 Å². The Kier molecular flexibility index (Phi) is 3.21. The number of para-hydroxylation sites is 2. The van der Waals surface area contributed by atoms with E-state index in [1.807, 2.05) is 31.2 Å². The van der Waals surface area contributed by atoms with E-state index >= 15 is 0 Å². The monoisotopic (exact) mass is 275 g/mol. The highest BCUT2D eigenvalue weighted by Gasteiger charge is 2.25. The quantitative estimate of drug-likeness (QED) is 0.807. The van der Waals surface area contributed by atoms with Gasteiger partial charge >= 0.3 is 0 Å². The smallest absolute Gasteiger partial charge is 0.184 e. The summed E-state index contributed by atoms with van der Waals surface area (Å²) in [4.78, 5) is 15.9. The molecule has 2 heterocycles. The number of rotatable bonds is 3. The van der Waals surface area contributed by atoms with Crippen LogP contribution in [0, 0.1) is 0 Å². The van der Waals surface area contributed by atoms with E-state index in [0.717, 1.165) is 16.5 Å². The summed E-state index contributed by atoms with van der Waals surface area (Å²) in [5, 5.41) is 2.57. The number of carbonyl (C=O) groups excluding carboxylic acids is 1. The van der Waals surface area contributed by atoms with Gasteiger partial charge in [0.1, 0.15) is 17.3 Å². The third-order valence-electron chi connectivity index (χ3n) is 2.91. The Morgan fingerprint density at radius 1 is 1.42 bits per heavy atom. The number of hydrogen-bond acceptors (Lipinski definition) is 5. The molecule has 1 aromatic heterocycles. The van der Waals surface area contributed by atoms with Crippen LogP contribution in [-0.2, 0) is 0 Å². The SMILES string of the molecule is CCC(=O)c1csc(C2COc3ccccc3O2)n1. The van der Waals surface area contributed by atoms with E-state index in [9.17, 15) is 4.79 Å². The Morgan fingerprint density at radius 3 is 3.00 bits per heavy atom. The summed E-state index contributed by atoms with van der Waals surface area (Å²) >= 11 is 1.44. The van der Waals surface area contributed by atoms with Crippen molar-refractivity contribution >= 4 is 17.1 Å². The molecule has 5 heteroatoms. The van der Waals surface area contributed by atoms with E-state index < -0.39 is 0 Å². The number of benzene rings is 1. The second-order valence-corrected chi connectivity index (χ2v) is 5.10. The fourth-order valence-corrected chi connectivity index (χ4v) is 2.72. The molecule has 19 heavy (non-hydrogen) atoms. The Labute approximate surface area is 115 Å². The number of hydrogen-bond donors (Lipinski definition) is 0. The molecule has 0 saturated carbocycles. The fraction of sp³-hybridized carbons (Fsp3) is 0.286. The number of aromatic nitrogens is 1. The molecule has 1 unspecified atom stereocenters. The fourth-order valence-electron chi connectivity index (χ4n) is 1.89. The Morgan fingerprint density at radius 2 is 2.21 bits per heavy atom. The lowest BCUT2D eigenvalue weighted by atomic mass is 10.2. The van der Waals surface area contributed by atoms with Crippen LogP contribution < -0.4 is 9.47 Å². The van der Waals surface area contributed by atoms with Crippen molar-refractivity contribution in [3.8, 4) is 11.5 Å². The lowest BCUT2D eigenvalue weighted by molar-refractivity contribution is 0.0903. The topological polar surface area (TPSA) is 48.4 Å². The zero-order valence-corrected chi connectivity index (χ0v) is 11.3. The molecule has 0 aliphatic carbocycles. The van der Waals surface area contributed by atoms with Gasteiger partial charge in [0, 0.05) is 11.8 Å². The first-order valence-electron chi connectivity index (χ1n) is 6.15. The van der Waals surface area contributed by atoms with Crippen LogP contribution in [0.3, 0.4) is 0 Å². The first kappa shape index (κ1) is 12.2. The van der Waals surface area contributed by atoms with Crippen molar-refractivity contribution in [1.29, 1.82) is 0 Å². The van der Waals surface area contributed by atoms with Gasteiger partial charge in [-0.05, 0) is 12.1 Å². The van der Waals surface area contributed by atoms with Crippen LogP contribution >= 0.6 is 11.3 Å². The van der Waals surface area contributed by atoms with E-state index in [1.165, 1.54) is 11.3 Å². The van der Waals surface area contributed by atoms with Crippen LogP contribution in [0.2, 0.25) is 0 Å². The maximum Gasteiger partial charge on any atom is 0.184 e. The van der Waals surface area contributed by atoms with E-state index in [-0.39, 0.29) is 11.9 Å². The third-order valence-corrected chi connectivity index (χ3v) is 3.85. The first-order valence-corrected chi connectivity index (χ1v) is 7.03. The minimum absolute atomic E-state index is 0.0552. The third kappa shape index (κ3) is 2.33. The summed E-state index contributed by atoms with van der Waals surface area (Å²) in [5.41, 5.74) is 0.518. The van der Waals surface area contributed by atoms with Crippen molar-refractivity contribution < 1.29 is 14.3 Å². The first-order chi connectivity index (χ1) is 9.28. The molecule has 4 nitrogen and oxygen atoms in total. The predicted octanol–water partition coefficient (Wildman–Crippen LogP) is 3.25. The molecule has 1 aliphatic rings. The average Bonchev–Trinajstić information content (AvgIpc) is 2.95. The minimum atomic E-state index is -0.238. The molecular formula is C14H13NO3S. The molecule has 1 atom stereocenters. The summed E-state index contributed by atoms with van der Waals surface area (Å²) in [6, 6.07) is 7.55. The largest absolute Gasteiger partial charge is 0.485 e. The molecular weight excluding hydrogens is 262 g/mol. The summed E-state index contributed by atoms with van der Waals surface area (Å²) in [7, 11) is 0. The zero-order valence-electron chi connectivity index (χ0n) is 10.5. The van der Waals surface area contributed by atoms with E-state index in [4.69, 9.17) is 9.47 Å². The summed E-state index contributed by atoms with van der Waals surface area (Å²) in [5.74, 6) is 1.53. The minimum Gasteiger partial charge on any atom is -0.485 e. The van der Waals surface area contributed by atoms with Gasteiger partial charge in [-0.25, -0.2) is 4.98 Å². The van der Waals surface area contributed by atoms with Crippen molar-refractivity contribution in [3.63, 3.8) is 0 Å². The van der Waals surface area contributed by atoms with Gasteiger partial charge in [-0.1, -0.05) is 19.1 Å². The molecule has 2 aromatic rings. The van der Waals surface area contributed by atoms with Crippen molar-refractivity contribution in [1.82, 2.24) is 4.98 Å². The standard InChI is InChI=1S/C14H13NO3S/c1-2-10(16)9-8-19-14(15-9)13-7-17-11-5-3-4-6-12(11)18-13/h3-6,8,13H,2,7H2,1H3. The predicted molar refractivity (Wildman–Crippen MR) is 72.0 cm³/mol.